The van der Waals surface area contributed by atoms with Crippen LogP contribution in [0.15, 0.2) is 18.2 Å². The summed E-state index contributed by atoms with van der Waals surface area (Å²) in [6.45, 7) is 3.49. The van der Waals surface area contributed by atoms with Gasteiger partial charge in [0, 0.05) is 18.2 Å². The highest BCUT2D eigenvalue weighted by Gasteiger charge is 2.31. The Bertz CT molecular complexity index is 525. The van der Waals surface area contributed by atoms with Crippen molar-refractivity contribution >= 4 is 17.1 Å². The van der Waals surface area contributed by atoms with Crippen molar-refractivity contribution in [2.45, 2.75) is 18.9 Å². The van der Waals surface area contributed by atoms with Crippen LogP contribution in [0.4, 0.5) is 17.1 Å². The van der Waals surface area contributed by atoms with Gasteiger partial charge < -0.3 is 10.6 Å². The molecule has 102 valence electrons. The van der Waals surface area contributed by atoms with Gasteiger partial charge in [0.1, 0.15) is 5.69 Å². The molecule has 0 amide bonds. The Kier molecular flexibility index (Phi) is 3.34. The largest absolute Gasteiger partial charge is 0.373 e. The predicted molar refractivity (Wildman–Crippen MR) is 69.3 cm³/mol. The van der Waals surface area contributed by atoms with Crippen LogP contribution in [-0.2, 0) is 0 Å². The Morgan fingerprint density at radius 1 is 1.32 bits per heavy atom. The van der Waals surface area contributed by atoms with Gasteiger partial charge in [-0.05, 0) is 26.0 Å². The summed E-state index contributed by atoms with van der Waals surface area (Å²) >= 11 is 0. The lowest BCUT2D eigenvalue weighted by molar-refractivity contribution is -0.393. The first-order chi connectivity index (χ1) is 8.91. The fourth-order valence-corrected chi connectivity index (χ4v) is 2.14. The summed E-state index contributed by atoms with van der Waals surface area (Å²) in [4.78, 5) is 20.4. The van der Waals surface area contributed by atoms with Crippen molar-refractivity contribution in [3.05, 3.63) is 38.4 Å². The maximum atomic E-state index is 11.0. The number of nitro benzene ring substituents is 2. The SMILES string of the molecule is CC1(Nc2ccc([N+](=O)[O-])cc2[N+](=O)[O-])CCNC1. The van der Waals surface area contributed by atoms with Crippen molar-refractivity contribution in [3.8, 4) is 0 Å². The average molecular weight is 266 g/mol. The molecule has 1 aliphatic heterocycles. The van der Waals surface area contributed by atoms with Crippen LogP contribution in [0.25, 0.3) is 0 Å². The molecular formula is C11H14N4O4. The molecule has 1 unspecified atom stereocenters. The van der Waals surface area contributed by atoms with E-state index in [2.05, 4.69) is 10.6 Å². The van der Waals surface area contributed by atoms with Gasteiger partial charge in [-0.3, -0.25) is 20.2 Å². The lowest BCUT2D eigenvalue weighted by atomic mass is 10.0. The molecule has 2 N–H and O–H groups in total. The van der Waals surface area contributed by atoms with Crippen LogP contribution in [0.5, 0.6) is 0 Å². The first-order valence-corrected chi connectivity index (χ1v) is 5.83. The molecule has 1 fully saturated rings. The van der Waals surface area contributed by atoms with E-state index in [0.29, 0.717) is 12.2 Å². The Balaban J connectivity index is 2.34. The molecular weight excluding hydrogens is 252 g/mol. The number of hydrogen-bond acceptors (Lipinski definition) is 6. The highest BCUT2D eigenvalue weighted by molar-refractivity contribution is 5.66. The van der Waals surface area contributed by atoms with Crippen molar-refractivity contribution in [2.24, 2.45) is 0 Å². The molecule has 19 heavy (non-hydrogen) atoms. The zero-order chi connectivity index (χ0) is 14.0. The van der Waals surface area contributed by atoms with Crippen molar-refractivity contribution in [1.82, 2.24) is 5.32 Å². The minimum atomic E-state index is -0.643. The van der Waals surface area contributed by atoms with Crippen molar-refractivity contribution in [3.63, 3.8) is 0 Å². The highest BCUT2D eigenvalue weighted by Crippen LogP contribution is 2.32. The summed E-state index contributed by atoms with van der Waals surface area (Å²) in [5, 5.41) is 27.9. The molecule has 8 heteroatoms. The standard InChI is InChI=1S/C11H14N4O4/c1-11(4-5-12-7-11)13-9-3-2-8(14(16)17)6-10(9)15(18)19/h2-3,6,12-13H,4-5,7H2,1H3. The smallest absolute Gasteiger partial charge is 0.299 e. The topological polar surface area (TPSA) is 110 Å². The number of hydrogen-bond donors (Lipinski definition) is 2. The molecule has 0 aromatic heterocycles. The molecule has 1 aliphatic rings. The lowest BCUT2D eigenvalue weighted by Gasteiger charge is -2.25. The lowest BCUT2D eigenvalue weighted by Crippen LogP contribution is -2.37. The second-order valence-corrected chi connectivity index (χ2v) is 4.83. The molecule has 0 saturated carbocycles. The minimum Gasteiger partial charge on any atom is -0.373 e. The predicted octanol–water partition coefficient (Wildman–Crippen LogP) is 1.67. The van der Waals surface area contributed by atoms with Crippen LogP contribution in [0.2, 0.25) is 0 Å². The maximum Gasteiger partial charge on any atom is 0.299 e. The number of rotatable bonds is 4. The van der Waals surface area contributed by atoms with Crippen molar-refractivity contribution in [1.29, 1.82) is 0 Å². The third-order valence-corrected chi connectivity index (χ3v) is 3.19. The van der Waals surface area contributed by atoms with E-state index in [-0.39, 0.29) is 16.9 Å². The van der Waals surface area contributed by atoms with Gasteiger partial charge in [0.15, 0.2) is 0 Å². The van der Waals surface area contributed by atoms with Gasteiger partial charge >= 0.3 is 0 Å². The van der Waals surface area contributed by atoms with Crippen LogP contribution < -0.4 is 10.6 Å². The average Bonchev–Trinajstić information content (AvgIpc) is 2.75. The number of benzene rings is 1. The monoisotopic (exact) mass is 266 g/mol. The van der Waals surface area contributed by atoms with Crippen molar-refractivity contribution in [2.75, 3.05) is 18.4 Å². The van der Waals surface area contributed by atoms with Gasteiger partial charge in [-0.2, -0.15) is 0 Å². The molecule has 1 heterocycles. The van der Waals surface area contributed by atoms with Gasteiger partial charge in [0.2, 0.25) is 0 Å². The highest BCUT2D eigenvalue weighted by atomic mass is 16.6. The third-order valence-electron chi connectivity index (χ3n) is 3.19. The van der Waals surface area contributed by atoms with E-state index in [0.717, 1.165) is 19.0 Å². The summed E-state index contributed by atoms with van der Waals surface area (Å²) in [7, 11) is 0. The fourth-order valence-electron chi connectivity index (χ4n) is 2.14. The van der Waals surface area contributed by atoms with Crippen molar-refractivity contribution < 1.29 is 9.85 Å². The molecule has 1 atom stereocenters. The number of nitrogens with one attached hydrogen (secondary N) is 2. The minimum absolute atomic E-state index is 0.276. The quantitative estimate of drug-likeness (QED) is 0.633. The van der Waals surface area contributed by atoms with Crippen LogP contribution in [0, 0.1) is 20.2 Å². The number of nitro groups is 2. The molecule has 1 saturated heterocycles. The van der Waals surface area contributed by atoms with Crippen LogP contribution in [-0.4, -0.2) is 28.5 Å². The van der Waals surface area contributed by atoms with E-state index < -0.39 is 9.85 Å². The van der Waals surface area contributed by atoms with E-state index >= 15 is 0 Å². The van der Waals surface area contributed by atoms with E-state index in [1.165, 1.54) is 12.1 Å². The van der Waals surface area contributed by atoms with Gasteiger partial charge in [-0.25, -0.2) is 0 Å². The summed E-state index contributed by atoms with van der Waals surface area (Å²) in [5.74, 6) is 0. The van der Waals surface area contributed by atoms with E-state index in [9.17, 15) is 20.2 Å². The second kappa shape index (κ2) is 4.81. The fraction of sp³-hybridized carbons (Fsp3) is 0.455. The van der Waals surface area contributed by atoms with E-state index in [1.54, 1.807) is 0 Å². The maximum absolute atomic E-state index is 11.0. The summed E-state index contributed by atoms with van der Waals surface area (Å²) in [6, 6.07) is 3.63. The summed E-state index contributed by atoms with van der Waals surface area (Å²) < 4.78 is 0. The number of non-ortho nitro benzene ring substituents is 1. The molecule has 0 spiro atoms. The van der Waals surface area contributed by atoms with Gasteiger partial charge in [0.25, 0.3) is 11.4 Å². The Labute approximate surface area is 109 Å². The van der Waals surface area contributed by atoms with E-state index in [4.69, 9.17) is 0 Å². The Hall–Kier alpha value is -2.22. The molecule has 0 radical (unpaired) electrons. The summed E-state index contributed by atoms with van der Waals surface area (Å²) in [5.41, 5.74) is -0.531. The van der Waals surface area contributed by atoms with Gasteiger partial charge in [-0.15, -0.1) is 0 Å². The molecule has 0 aliphatic carbocycles. The number of anilines is 1. The molecule has 1 aromatic rings. The first-order valence-electron chi connectivity index (χ1n) is 5.83. The molecule has 8 nitrogen and oxygen atoms in total. The zero-order valence-electron chi connectivity index (χ0n) is 10.4. The van der Waals surface area contributed by atoms with Crippen LogP contribution in [0.3, 0.4) is 0 Å². The Morgan fingerprint density at radius 2 is 2.05 bits per heavy atom. The van der Waals surface area contributed by atoms with Gasteiger partial charge in [-0.1, -0.05) is 0 Å². The van der Waals surface area contributed by atoms with E-state index in [1.807, 2.05) is 6.92 Å². The second-order valence-electron chi connectivity index (χ2n) is 4.83. The molecule has 1 aromatic carbocycles. The Morgan fingerprint density at radius 3 is 2.58 bits per heavy atom. The first kappa shape index (κ1) is 13.2. The normalized spacial score (nSPS) is 22.2. The van der Waals surface area contributed by atoms with Crippen LogP contribution in [0.1, 0.15) is 13.3 Å². The van der Waals surface area contributed by atoms with Gasteiger partial charge in [0.05, 0.1) is 15.9 Å². The third kappa shape index (κ3) is 2.79. The summed E-state index contributed by atoms with van der Waals surface area (Å²) in [6.07, 6.45) is 0.834. The zero-order valence-corrected chi connectivity index (χ0v) is 10.4. The van der Waals surface area contributed by atoms with Crippen LogP contribution >= 0.6 is 0 Å². The number of nitrogens with zero attached hydrogens (tertiary/aromatic N) is 2. The molecule has 0 bridgehead atoms. The molecule has 2 rings (SSSR count).